The molecule has 1 aromatic carbocycles. The summed E-state index contributed by atoms with van der Waals surface area (Å²) < 4.78 is 10.7. The summed E-state index contributed by atoms with van der Waals surface area (Å²) >= 11 is 0. The fraction of sp³-hybridized carbons (Fsp3) is 0.440. The Hall–Kier alpha value is -3.02. The van der Waals surface area contributed by atoms with E-state index in [1.807, 2.05) is 38.4 Å². The number of benzene rings is 1. The lowest BCUT2D eigenvalue weighted by Gasteiger charge is -2.31. The number of hydrogen-bond donors (Lipinski definition) is 0. The molecule has 0 radical (unpaired) electrons. The van der Waals surface area contributed by atoms with Crippen molar-refractivity contribution in [3.8, 4) is 22.8 Å². The first kappa shape index (κ1) is 21.2. The average Bonchev–Trinajstić information content (AvgIpc) is 3.21. The van der Waals surface area contributed by atoms with Crippen LogP contribution in [0.4, 0.5) is 0 Å². The quantitative estimate of drug-likeness (QED) is 0.516. The zero-order valence-corrected chi connectivity index (χ0v) is 18.7. The summed E-state index contributed by atoms with van der Waals surface area (Å²) in [5.41, 5.74) is 6.83. The van der Waals surface area contributed by atoms with E-state index in [0.29, 0.717) is 36.6 Å². The van der Waals surface area contributed by atoms with Crippen molar-refractivity contribution >= 4 is 5.97 Å². The number of carbonyl (C=O) groups is 1. The van der Waals surface area contributed by atoms with Crippen LogP contribution in [-0.4, -0.2) is 27.7 Å². The van der Waals surface area contributed by atoms with Crippen molar-refractivity contribution in [3.63, 3.8) is 0 Å². The number of carbonyl (C=O) groups excluding carboxylic acids is 1. The maximum absolute atomic E-state index is 11.6. The normalized spacial score (nSPS) is 14.8. The van der Waals surface area contributed by atoms with Gasteiger partial charge in [-0.15, -0.1) is 0 Å². The minimum Gasteiger partial charge on any atom is -0.466 e. The van der Waals surface area contributed by atoms with Crippen molar-refractivity contribution in [2.75, 3.05) is 6.61 Å². The van der Waals surface area contributed by atoms with Crippen molar-refractivity contribution in [2.24, 2.45) is 5.41 Å². The van der Waals surface area contributed by atoms with E-state index in [1.54, 1.807) is 0 Å². The standard InChI is InChI=1S/C25H29N3O3/c1-5-30-22(29)9-7-17-6-8-19(16(2)12-17)23-27-24(31-28-23)21-15-26-14-18-13-25(3,4)11-10-20(18)21/h6,8,12,14-15H,5,7,9-11,13H2,1-4H3. The van der Waals surface area contributed by atoms with Gasteiger partial charge in [-0.05, 0) is 67.2 Å². The lowest BCUT2D eigenvalue weighted by atomic mass is 9.74. The molecule has 0 saturated heterocycles. The van der Waals surface area contributed by atoms with Gasteiger partial charge in [0.05, 0.1) is 12.2 Å². The summed E-state index contributed by atoms with van der Waals surface area (Å²) in [5.74, 6) is 0.915. The molecule has 1 aliphatic carbocycles. The zero-order valence-electron chi connectivity index (χ0n) is 18.7. The summed E-state index contributed by atoms with van der Waals surface area (Å²) in [7, 11) is 0. The van der Waals surface area contributed by atoms with Crippen LogP contribution in [0.5, 0.6) is 0 Å². The molecule has 0 N–H and O–H groups in total. The first-order valence-corrected chi connectivity index (χ1v) is 10.9. The molecule has 0 atom stereocenters. The summed E-state index contributed by atoms with van der Waals surface area (Å²) in [6, 6.07) is 6.07. The molecule has 31 heavy (non-hydrogen) atoms. The summed E-state index contributed by atoms with van der Waals surface area (Å²) in [6.07, 6.45) is 7.96. The van der Waals surface area contributed by atoms with Crippen molar-refractivity contribution in [1.82, 2.24) is 15.1 Å². The summed E-state index contributed by atoms with van der Waals surface area (Å²) in [6.45, 7) is 8.85. The van der Waals surface area contributed by atoms with Crippen molar-refractivity contribution < 1.29 is 14.1 Å². The van der Waals surface area contributed by atoms with Gasteiger partial charge in [-0.1, -0.05) is 37.2 Å². The molecule has 4 rings (SSSR count). The molecule has 3 aromatic rings. The van der Waals surface area contributed by atoms with Crippen LogP contribution >= 0.6 is 0 Å². The van der Waals surface area contributed by atoms with E-state index >= 15 is 0 Å². The number of nitrogens with zero attached hydrogens (tertiary/aromatic N) is 3. The van der Waals surface area contributed by atoms with E-state index < -0.39 is 0 Å². The molecular formula is C25H29N3O3. The van der Waals surface area contributed by atoms with Crippen LogP contribution in [0, 0.1) is 12.3 Å². The molecule has 0 amide bonds. The van der Waals surface area contributed by atoms with Crippen LogP contribution in [0.15, 0.2) is 35.1 Å². The SMILES string of the molecule is CCOC(=O)CCc1ccc(-c2noc(-c3cncc4c3CCC(C)(C)C4)n2)c(C)c1. The predicted octanol–water partition coefficient (Wildman–Crippen LogP) is 5.12. The molecule has 0 bridgehead atoms. The molecule has 0 spiro atoms. The first-order valence-electron chi connectivity index (χ1n) is 10.9. The van der Waals surface area contributed by atoms with Gasteiger partial charge in [-0.3, -0.25) is 9.78 Å². The Kier molecular flexibility index (Phi) is 5.90. The van der Waals surface area contributed by atoms with E-state index in [0.717, 1.165) is 41.5 Å². The number of aryl methyl sites for hydroxylation is 2. The Balaban J connectivity index is 1.55. The molecule has 6 nitrogen and oxygen atoms in total. The fourth-order valence-corrected chi connectivity index (χ4v) is 4.28. The molecule has 0 aliphatic heterocycles. The van der Waals surface area contributed by atoms with E-state index in [2.05, 4.69) is 30.1 Å². The minimum atomic E-state index is -0.171. The van der Waals surface area contributed by atoms with Crippen LogP contribution in [0.3, 0.4) is 0 Å². The number of esters is 1. The van der Waals surface area contributed by atoms with Crippen LogP contribution in [0.25, 0.3) is 22.8 Å². The van der Waals surface area contributed by atoms with Crippen molar-refractivity contribution in [1.29, 1.82) is 0 Å². The Labute approximate surface area is 183 Å². The van der Waals surface area contributed by atoms with Gasteiger partial charge in [-0.2, -0.15) is 4.98 Å². The van der Waals surface area contributed by atoms with Gasteiger partial charge >= 0.3 is 5.97 Å². The lowest BCUT2D eigenvalue weighted by Crippen LogP contribution is -2.22. The third kappa shape index (κ3) is 4.68. The van der Waals surface area contributed by atoms with Crippen LogP contribution in [0.2, 0.25) is 0 Å². The number of ether oxygens (including phenoxy) is 1. The second-order valence-electron chi connectivity index (χ2n) is 9.04. The molecule has 6 heteroatoms. The number of hydrogen-bond acceptors (Lipinski definition) is 6. The molecule has 0 saturated carbocycles. The van der Waals surface area contributed by atoms with Gasteiger partial charge in [0.1, 0.15) is 0 Å². The number of pyridine rings is 1. The van der Waals surface area contributed by atoms with Gasteiger partial charge in [-0.25, -0.2) is 0 Å². The van der Waals surface area contributed by atoms with E-state index in [1.165, 1.54) is 11.1 Å². The van der Waals surface area contributed by atoms with E-state index in [9.17, 15) is 4.79 Å². The van der Waals surface area contributed by atoms with Crippen molar-refractivity contribution in [3.05, 3.63) is 52.8 Å². The second kappa shape index (κ2) is 8.61. The molecule has 162 valence electrons. The fourth-order valence-electron chi connectivity index (χ4n) is 4.28. The molecule has 0 unspecified atom stereocenters. The highest BCUT2D eigenvalue weighted by molar-refractivity contribution is 5.70. The topological polar surface area (TPSA) is 78.1 Å². The monoisotopic (exact) mass is 419 g/mol. The summed E-state index contributed by atoms with van der Waals surface area (Å²) in [4.78, 5) is 20.7. The summed E-state index contributed by atoms with van der Waals surface area (Å²) in [5, 5.41) is 4.24. The Morgan fingerprint density at radius 1 is 1.23 bits per heavy atom. The van der Waals surface area contributed by atoms with E-state index in [-0.39, 0.29) is 5.97 Å². The minimum absolute atomic E-state index is 0.171. The molecule has 2 aromatic heterocycles. The van der Waals surface area contributed by atoms with Crippen LogP contribution in [0.1, 0.15) is 55.9 Å². The van der Waals surface area contributed by atoms with Crippen LogP contribution < -0.4 is 0 Å². The highest BCUT2D eigenvalue weighted by Crippen LogP contribution is 2.38. The largest absolute Gasteiger partial charge is 0.466 e. The molecule has 2 heterocycles. The van der Waals surface area contributed by atoms with Gasteiger partial charge in [0.25, 0.3) is 5.89 Å². The smallest absolute Gasteiger partial charge is 0.306 e. The first-order chi connectivity index (χ1) is 14.9. The van der Waals surface area contributed by atoms with Gasteiger partial charge < -0.3 is 9.26 Å². The Bertz CT molecular complexity index is 1100. The third-order valence-corrected chi connectivity index (χ3v) is 5.98. The maximum Gasteiger partial charge on any atom is 0.306 e. The number of aromatic nitrogens is 3. The maximum atomic E-state index is 11.6. The third-order valence-electron chi connectivity index (χ3n) is 5.98. The lowest BCUT2D eigenvalue weighted by molar-refractivity contribution is -0.143. The average molecular weight is 420 g/mol. The second-order valence-corrected chi connectivity index (χ2v) is 9.04. The van der Waals surface area contributed by atoms with Crippen LogP contribution in [-0.2, 0) is 28.8 Å². The van der Waals surface area contributed by atoms with Gasteiger partial charge in [0.15, 0.2) is 0 Å². The molecule has 0 fully saturated rings. The highest BCUT2D eigenvalue weighted by atomic mass is 16.5. The van der Waals surface area contributed by atoms with Gasteiger partial charge in [0.2, 0.25) is 5.82 Å². The predicted molar refractivity (Wildman–Crippen MR) is 118 cm³/mol. The molecule has 1 aliphatic rings. The zero-order chi connectivity index (χ0) is 22.0. The van der Waals surface area contributed by atoms with Crippen molar-refractivity contribution in [2.45, 2.75) is 59.8 Å². The Morgan fingerprint density at radius 3 is 2.84 bits per heavy atom. The Morgan fingerprint density at radius 2 is 2.06 bits per heavy atom. The number of rotatable bonds is 6. The highest BCUT2D eigenvalue weighted by Gasteiger charge is 2.28. The molecular weight excluding hydrogens is 390 g/mol. The van der Waals surface area contributed by atoms with Gasteiger partial charge in [0, 0.05) is 24.4 Å². The number of fused-ring (bicyclic) bond motifs is 1. The van der Waals surface area contributed by atoms with E-state index in [4.69, 9.17) is 14.2 Å².